The zero-order chi connectivity index (χ0) is 19.4. The highest BCUT2D eigenvalue weighted by atomic mass is 16.6. The van der Waals surface area contributed by atoms with Gasteiger partial charge < -0.3 is 9.64 Å². The molecule has 2 aromatic rings. The van der Waals surface area contributed by atoms with E-state index in [0.717, 1.165) is 17.7 Å². The number of hydrogen-bond acceptors (Lipinski definition) is 5. The number of pyridine rings is 2. The molecule has 0 unspecified atom stereocenters. The second kappa shape index (κ2) is 7.86. The highest BCUT2D eigenvalue weighted by Crippen LogP contribution is 2.24. The van der Waals surface area contributed by atoms with E-state index in [1.54, 1.807) is 23.4 Å². The minimum atomic E-state index is -0.510. The molecule has 0 N–H and O–H groups in total. The average Bonchev–Trinajstić information content (AvgIpc) is 3.10. The van der Waals surface area contributed by atoms with E-state index in [1.807, 2.05) is 45.0 Å². The lowest BCUT2D eigenvalue weighted by atomic mass is 10.00. The molecule has 3 heterocycles. The highest BCUT2D eigenvalue weighted by molar-refractivity contribution is 5.94. The SMILES string of the molecule is CC(C)(C)OC(=O)N1CC[C@@H](CC(=O)c2ccc(-c3ccccn3)cn2)C1. The van der Waals surface area contributed by atoms with Crippen LogP contribution in [0.15, 0.2) is 42.7 Å². The smallest absolute Gasteiger partial charge is 0.410 e. The summed E-state index contributed by atoms with van der Waals surface area (Å²) >= 11 is 0. The molecule has 0 radical (unpaired) electrons. The van der Waals surface area contributed by atoms with Crippen molar-refractivity contribution in [1.82, 2.24) is 14.9 Å². The van der Waals surface area contributed by atoms with Crippen LogP contribution in [0.3, 0.4) is 0 Å². The molecule has 2 aromatic heterocycles. The number of nitrogens with zero attached hydrogens (tertiary/aromatic N) is 3. The van der Waals surface area contributed by atoms with E-state index in [2.05, 4.69) is 9.97 Å². The van der Waals surface area contributed by atoms with Crippen molar-refractivity contribution in [3.63, 3.8) is 0 Å². The Morgan fingerprint density at radius 1 is 1.19 bits per heavy atom. The Morgan fingerprint density at radius 3 is 2.63 bits per heavy atom. The second-order valence-corrected chi connectivity index (χ2v) is 7.86. The number of Topliss-reactive ketones (excluding diaryl/α,β-unsaturated/α-hetero) is 1. The summed E-state index contributed by atoms with van der Waals surface area (Å²) in [6.45, 7) is 6.72. The van der Waals surface area contributed by atoms with E-state index in [0.29, 0.717) is 25.2 Å². The molecule has 27 heavy (non-hydrogen) atoms. The van der Waals surface area contributed by atoms with Gasteiger partial charge >= 0.3 is 6.09 Å². The van der Waals surface area contributed by atoms with Gasteiger partial charge in [0.1, 0.15) is 11.3 Å². The van der Waals surface area contributed by atoms with Crippen molar-refractivity contribution in [1.29, 1.82) is 0 Å². The maximum atomic E-state index is 12.5. The van der Waals surface area contributed by atoms with Gasteiger partial charge in [-0.15, -0.1) is 0 Å². The molecule has 142 valence electrons. The lowest BCUT2D eigenvalue weighted by molar-refractivity contribution is 0.0286. The van der Waals surface area contributed by atoms with Gasteiger partial charge in [-0.3, -0.25) is 14.8 Å². The van der Waals surface area contributed by atoms with Crippen molar-refractivity contribution in [3.05, 3.63) is 48.4 Å². The van der Waals surface area contributed by atoms with Crippen molar-refractivity contribution in [2.75, 3.05) is 13.1 Å². The molecule has 1 atom stereocenters. The standard InChI is InChI=1S/C21H25N3O3/c1-21(2,3)27-20(26)24-11-9-15(14-24)12-19(25)18-8-7-16(13-23-18)17-6-4-5-10-22-17/h4-8,10,13,15H,9,11-12,14H2,1-3H3/t15-/m0/s1. The predicted octanol–water partition coefficient (Wildman–Crippen LogP) is 3.97. The number of carbonyl (C=O) groups excluding carboxylic acids is 2. The van der Waals surface area contributed by atoms with Gasteiger partial charge in [-0.1, -0.05) is 6.07 Å². The van der Waals surface area contributed by atoms with Crippen LogP contribution in [0.4, 0.5) is 4.79 Å². The third kappa shape index (κ3) is 5.12. The second-order valence-electron chi connectivity index (χ2n) is 7.86. The number of rotatable bonds is 4. The third-order valence-electron chi connectivity index (χ3n) is 4.42. The summed E-state index contributed by atoms with van der Waals surface area (Å²) < 4.78 is 5.40. The van der Waals surface area contributed by atoms with E-state index >= 15 is 0 Å². The Bertz CT molecular complexity index is 798. The van der Waals surface area contributed by atoms with Crippen molar-refractivity contribution in [2.45, 2.75) is 39.2 Å². The summed E-state index contributed by atoms with van der Waals surface area (Å²) in [5.41, 5.74) is 1.65. The Labute approximate surface area is 159 Å². The van der Waals surface area contributed by atoms with Gasteiger partial charge in [0.25, 0.3) is 0 Å². The lowest BCUT2D eigenvalue weighted by Gasteiger charge is -2.24. The molecule has 3 rings (SSSR count). The van der Waals surface area contributed by atoms with Gasteiger partial charge in [-0.2, -0.15) is 0 Å². The third-order valence-corrected chi connectivity index (χ3v) is 4.42. The topological polar surface area (TPSA) is 72.4 Å². The monoisotopic (exact) mass is 367 g/mol. The van der Waals surface area contributed by atoms with Crippen LogP contribution in [0.5, 0.6) is 0 Å². The highest BCUT2D eigenvalue weighted by Gasteiger charge is 2.31. The first-order chi connectivity index (χ1) is 12.8. The summed E-state index contributed by atoms with van der Waals surface area (Å²) in [5, 5.41) is 0. The van der Waals surface area contributed by atoms with Crippen LogP contribution >= 0.6 is 0 Å². The number of aromatic nitrogens is 2. The minimum Gasteiger partial charge on any atom is -0.444 e. The van der Waals surface area contributed by atoms with Crippen LogP contribution in [0.25, 0.3) is 11.3 Å². The Balaban J connectivity index is 1.56. The fraction of sp³-hybridized carbons (Fsp3) is 0.429. The van der Waals surface area contributed by atoms with E-state index in [9.17, 15) is 9.59 Å². The molecule has 0 aliphatic carbocycles. The molecule has 0 bridgehead atoms. The minimum absolute atomic E-state index is 0.00129. The predicted molar refractivity (Wildman–Crippen MR) is 102 cm³/mol. The van der Waals surface area contributed by atoms with Gasteiger partial charge in [0.15, 0.2) is 5.78 Å². The van der Waals surface area contributed by atoms with Gasteiger partial charge in [0.05, 0.1) is 5.69 Å². The van der Waals surface area contributed by atoms with Crippen LogP contribution in [-0.4, -0.2) is 45.4 Å². The van der Waals surface area contributed by atoms with Gasteiger partial charge in [0, 0.05) is 37.5 Å². The Hall–Kier alpha value is -2.76. The molecule has 1 amide bonds. The zero-order valence-corrected chi connectivity index (χ0v) is 16.0. The lowest BCUT2D eigenvalue weighted by Crippen LogP contribution is -2.35. The van der Waals surface area contributed by atoms with E-state index in [1.165, 1.54) is 0 Å². The largest absolute Gasteiger partial charge is 0.444 e. The summed E-state index contributed by atoms with van der Waals surface area (Å²) in [4.78, 5) is 34.9. The summed E-state index contributed by atoms with van der Waals surface area (Å²) in [7, 11) is 0. The molecule has 1 aliphatic heterocycles. The van der Waals surface area contributed by atoms with Crippen molar-refractivity contribution >= 4 is 11.9 Å². The van der Waals surface area contributed by atoms with Crippen LogP contribution in [-0.2, 0) is 4.74 Å². The first kappa shape index (κ1) is 19.0. The number of ether oxygens (including phenoxy) is 1. The van der Waals surface area contributed by atoms with E-state index < -0.39 is 5.60 Å². The number of ketones is 1. The molecule has 1 saturated heterocycles. The normalized spacial score (nSPS) is 17.0. The first-order valence-corrected chi connectivity index (χ1v) is 9.20. The maximum Gasteiger partial charge on any atom is 0.410 e. The molecular weight excluding hydrogens is 342 g/mol. The van der Waals surface area contributed by atoms with Crippen LogP contribution < -0.4 is 0 Å². The molecular formula is C21H25N3O3. The zero-order valence-electron chi connectivity index (χ0n) is 16.0. The molecule has 1 fully saturated rings. The Morgan fingerprint density at radius 2 is 2.00 bits per heavy atom. The maximum absolute atomic E-state index is 12.5. The molecule has 0 spiro atoms. The molecule has 1 aliphatic rings. The Kier molecular flexibility index (Phi) is 5.54. The fourth-order valence-corrected chi connectivity index (χ4v) is 3.10. The van der Waals surface area contributed by atoms with Gasteiger partial charge in [-0.05, 0) is 57.4 Å². The van der Waals surface area contributed by atoms with Crippen molar-refractivity contribution in [2.24, 2.45) is 5.92 Å². The fourth-order valence-electron chi connectivity index (χ4n) is 3.10. The van der Waals surface area contributed by atoms with Crippen molar-refractivity contribution < 1.29 is 14.3 Å². The van der Waals surface area contributed by atoms with Gasteiger partial charge in [0.2, 0.25) is 0 Å². The number of likely N-dealkylation sites (tertiary alicyclic amines) is 1. The van der Waals surface area contributed by atoms with Crippen LogP contribution in [0.1, 0.15) is 44.1 Å². The van der Waals surface area contributed by atoms with Crippen LogP contribution in [0.2, 0.25) is 0 Å². The average molecular weight is 367 g/mol. The summed E-state index contributed by atoms with van der Waals surface area (Å²) in [6.07, 6.45) is 4.28. The molecule has 6 heteroatoms. The summed E-state index contributed by atoms with van der Waals surface area (Å²) in [6, 6.07) is 9.29. The number of amides is 1. The molecule has 0 saturated carbocycles. The van der Waals surface area contributed by atoms with E-state index in [-0.39, 0.29) is 17.8 Å². The molecule has 0 aromatic carbocycles. The number of hydrogen-bond donors (Lipinski definition) is 0. The number of carbonyl (C=O) groups is 2. The van der Waals surface area contributed by atoms with E-state index in [4.69, 9.17) is 4.74 Å². The van der Waals surface area contributed by atoms with Crippen LogP contribution in [0, 0.1) is 5.92 Å². The first-order valence-electron chi connectivity index (χ1n) is 9.20. The quantitative estimate of drug-likeness (QED) is 0.765. The molecule has 6 nitrogen and oxygen atoms in total. The van der Waals surface area contributed by atoms with Crippen molar-refractivity contribution in [3.8, 4) is 11.3 Å². The van der Waals surface area contributed by atoms with Gasteiger partial charge in [-0.25, -0.2) is 4.79 Å². The summed E-state index contributed by atoms with van der Waals surface area (Å²) in [5.74, 6) is 0.140.